The number of rotatable bonds is 9. The molecule has 44 heavy (non-hydrogen) atoms. The molecule has 0 radical (unpaired) electrons. The van der Waals surface area contributed by atoms with Gasteiger partial charge in [-0.2, -0.15) is 0 Å². The molecule has 1 aliphatic rings. The molecule has 0 spiro atoms. The molecule has 0 saturated carbocycles. The predicted octanol–water partition coefficient (Wildman–Crippen LogP) is 9.11. The number of carbonyl (C=O) groups is 1. The first-order chi connectivity index (χ1) is 20.0. The second kappa shape index (κ2) is 19.6. The van der Waals surface area contributed by atoms with Crippen molar-refractivity contribution in [1.82, 2.24) is 14.4 Å². The highest BCUT2D eigenvalue weighted by molar-refractivity contribution is 5.86. The van der Waals surface area contributed by atoms with Crippen molar-refractivity contribution in [2.24, 2.45) is 0 Å². The average Bonchev–Trinajstić information content (AvgIpc) is 3.21. The highest BCUT2D eigenvalue weighted by Gasteiger charge is 2.33. The molecule has 1 aromatic heterocycles. The minimum Gasteiger partial charge on any atom is -0.469 e. The SMILES string of the molecule is C.C.CC.CCC.COC(=O)Cc1ccc(Cc2c(C)n(CCN3C[C@@H](C)N(CC(C)(C)F)[C@@H](C)C3)c3ccccc23)cc1. The summed E-state index contributed by atoms with van der Waals surface area (Å²) in [5.41, 5.74) is 4.95. The zero-order valence-corrected chi connectivity index (χ0v) is 28.0. The Morgan fingerprint density at radius 1 is 0.932 bits per heavy atom. The molecule has 0 N–H and O–H groups in total. The second-order valence-electron chi connectivity index (χ2n) is 12.0. The van der Waals surface area contributed by atoms with Crippen molar-refractivity contribution in [3.63, 3.8) is 0 Å². The van der Waals surface area contributed by atoms with E-state index in [0.717, 1.165) is 38.2 Å². The van der Waals surface area contributed by atoms with E-state index in [1.807, 2.05) is 26.0 Å². The Balaban J connectivity index is 0.00000249. The lowest BCUT2D eigenvalue weighted by molar-refractivity contribution is -0.139. The number of methoxy groups -OCH3 is 1. The Bertz CT molecular complexity index is 1220. The van der Waals surface area contributed by atoms with Gasteiger partial charge in [0.05, 0.1) is 13.5 Å². The number of para-hydroxylation sites is 1. The van der Waals surface area contributed by atoms with Crippen LogP contribution < -0.4 is 0 Å². The second-order valence-corrected chi connectivity index (χ2v) is 12.0. The highest BCUT2D eigenvalue weighted by atomic mass is 19.1. The predicted molar refractivity (Wildman–Crippen MR) is 190 cm³/mol. The van der Waals surface area contributed by atoms with Gasteiger partial charge in [-0.3, -0.25) is 14.6 Å². The van der Waals surface area contributed by atoms with Gasteiger partial charge in [0.15, 0.2) is 0 Å². The van der Waals surface area contributed by atoms with E-state index < -0.39 is 5.67 Å². The molecular formula is C38H64FN3O2. The lowest BCUT2D eigenvalue weighted by Crippen LogP contribution is -2.59. The third-order valence-corrected chi connectivity index (χ3v) is 7.72. The maximum atomic E-state index is 14.3. The summed E-state index contributed by atoms with van der Waals surface area (Å²) in [7, 11) is 1.42. The van der Waals surface area contributed by atoms with Gasteiger partial charge in [-0.1, -0.05) is 91.4 Å². The maximum absolute atomic E-state index is 14.3. The minimum absolute atomic E-state index is 0. The number of hydrogen-bond donors (Lipinski definition) is 0. The molecule has 3 aromatic rings. The number of piperazine rings is 1. The van der Waals surface area contributed by atoms with Crippen molar-refractivity contribution in [2.45, 2.75) is 121 Å². The summed E-state index contributed by atoms with van der Waals surface area (Å²) in [6.45, 7) is 22.6. The van der Waals surface area contributed by atoms with Gasteiger partial charge in [0.2, 0.25) is 0 Å². The molecule has 6 heteroatoms. The first-order valence-corrected chi connectivity index (χ1v) is 15.9. The zero-order chi connectivity index (χ0) is 31.4. The Hall–Kier alpha value is -2.70. The molecule has 250 valence electrons. The van der Waals surface area contributed by atoms with Crippen LogP contribution in [0.1, 0.15) is 99.0 Å². The lowest BCUT2D eigenvalue weighted by Gasteiger charge is -2.46. The number of fused-ring (bicyclic) bond motifs is 1. The fourth-order valence-corrected chi connectivity index (χ4v) is 5.87. The van der Waals surface area contributed by atoms with Crippen molar-refractivity contribution in [3.8, 4) is 0 Å². The van der Waals surface area contributed by atoms with Gasteiger partial charge in [-0.15, -0.1) is 0 Å². The summed E-state index contributed by atoms with van der Waals surface area (Å²) in [6.07, 6.45) is 2.40. The standard InChI is InChI=1S/C31H42FN3O2.C3H8.C2H6.2CH4/c1-22-19-33(20-23(2)35(22)21-31(4,5)32)15-16-34-24(3)28(27-9-7-8-10-29(27)34)17-25-11-13-26(14-12-25)18-30(36)37-6;1-3-2;1-2;;/h7-14,22-23H,15-21H2,1-6H3;3H2,1-2H3;1-2H3;2*1H4/t22-,23+;;;;. The molecule has 2 heterocycles. The number of ether oxygens (including phenoxy) is 1. The third kappa shape index (κ3) is 11.7. The number of esters is 1. The summed E-state index contributed by atoms with van der Waals surface area (Å²) in [5.74, 6) is -0.219. The number of hydrogen-bond acceptors (Lipinski definition) is 4. The monoisotopic (exact) mass is 613 g/mol. The molecule has 1 saturated heterocycles. The van der Waals surface area contributed by atoms with Crippen LogP contribution in [-0.4, -0.2) is 71.4 Å². The normalized spacial score (nSPS) is 16.9. The average molecular weight is 614 g/mol. The van der Waals surface area contributed by atoms with E-state index in [-0.39, 0.29) is 20.8 Å². The summed E-state index contributed by atoms with van der Waals surface area (Å²) in [6, 6.07) is 17.6. The van der Waals surface area contributed by atoms with Crippen LogP contribution in [0.2, 0.25) is 0 Å². The van der Waals surface area contributed by atoms with Crippen molar-refractivity contribution in [3.05, 3.63) is 70.9 Å². The highest BCUT2D eigenvalue weighted by Crippen LogP contribution is 2.29. The smallest absolute Gasteiger partial charge is 0.309 e. The van der Waals surface area contributed by atoms with Crippen molar-refractivity contribution >= 4 is 16.9 Å². The molecule has 5 nitrogen and oxygen atoms in total. The van der Waals surface area contributed by atoms with Crippen molar-refractivity contribution in [2.75, 3.05) is 33.3 Å². The van der Waals surface area contributed by atoms with E-state index in [4.69, 9.17) is 4.74 Å². The van der Waals surface area contributed by atoms with Crippen LogP contribution >= 0.6 is 0 Å². The molecule has 4 rings (SSSR count). The van der Waals surface area contributed by atoms with Crippen LogP contribution in [0.4, 0.5) is 4.39 Å². The number of benzene rings is 2. The Morgan fingerprint density at radius 3 is 1.98 bits per heavy atom. The van der Waals surface area contributed by atoms with Gasteiger partial charge in [-0.25, -0.2) is 4.39 Å². The molecule has 2 atom stereocenters. The number of halogens is 1. The van der Waals surface area contributed by atoms with E-state index in [1.54, 1.807) is 13.8 Å². The molecule has 0 aliphatic carbocycles. The van der Waals surface area contributed by atoms with E-state index in [9.17, 15) is 9.18 Å². The molecule has 1 aliphatic heterocycles. The van der Waals surface area contributed by atoms with Gasteiger partial charge < -0.3 is 9.30 Å². The molecule has 0 bridgehead atoms. The number of carbonyl (C=O) groups excluding carboxylic acids is 1. The van der Waals surface area contributed by atoms with Crippen molar-refractivity contribution in [1.29, 1.82) is 0 Å². The van der Waals surface area contributed by atoms with Crippen LogP contribution in [0.15, 0.2) is 48.5 Å². The summed E-state index contributed by atoms with van der Waals surface area (Å²) in [5, 5.41) is 1.30. The largest absolute Gasteiger partial charge is 0.469 e. The number of nitrogens with zero attached hydrogens (tertiary/aromatic N) is 3. The first kappa shape index (κ1) is 41.3. The van der Waals surface area contributed by atoms with Gasteiger partial charge >= 0.3 is 5.97 Å². The summed E-state index contributed by atoms with van der Waals surface area (Å²) in [4.78, 5) is 16.4. The molecule has 0 amide bonds. The van der Waals surface area contributed by atoms with Crippen LogP contribution in [0, 0.1) is 6.92 Å². The Kier molecular flexibility index (Phi) is 18.4. The Morgan fingerprint density at radius 2 is 1.45 bits per heavy atom. The van der Waals surface area contributed by atoms with Crippen LogP contribution in [0.5, 0.6) is 0 Å². The van der Waals surface area contributed by atoms with Gasteiger partial charge in [0.25, 0.3) is 0 Å². The summed E-state index contributed by atoms with van der Waals surface area (Å²) >= 11 is 0. The number of aromatic nitrogens is 1. The molecular weight excluding hydrogens is 549 g/mol. The molecule has 1 fully saturated rings. The van der Waals surface area contributed by atoms with Crippen LogP contribution in [0.25, 0.3) is 10.9 Å². The van der Waals surface area contributed by atoms with Crippen molar-refractivity contribution < 1.29 is 13.9 Å². The minimum atomic E-state index is -1.18. The van der Waals surface area contributed by atoms with E-state index in [1.165, 1.54) is 41.3 Å². The van der Waals surface area contributed by atoms with E-state index in [2.05, 4.69) is 85.4 Å². The Labute approximate surface area is 269 Å². The van der Waals surface area contributed by atoms with Gasteiger partial charge in [-0.05, 0) is 63.8 Å². The fourth-order valence-electron chi connectivity index (χ4n) is 5.87. The molecule has 2 aromatic carbocycles. The van der Waals surface area contributed by atoms with E-state index >= 15 is 0 Å². The van der Waals surface area contributed by atoms with Crippen LogP contribution in [0.3, 0.4) is 0 Å². The number of alkyl halides is 1. The van der Waals surface area contributed by atoms with Gasteiger partial charge in [0.1, 0.15) is 5.67 Å². The maximum Gasteiger partial charge on any atom is 0.309 e. The van der Waals surface area contributed by atoms with Crippen LogP contribution in [-0.2, 0) is 28.9 Å². The fraction of sp³-hybridized carbons (Fsp3) is 0.605. The lowest BCUT2D eigenvalue weighted by atomic mass is 10.0. The van der Waals surface area contributed by atoms with Gasteiger partial charge in [0, 0.05) is 61.4 Å². The van der Waals surface area contributed by atoms with E-state index in [0.29, 0.717) is 25.0 Å². The summed E-state index contributed by atoms with van der Waals surface area (Å²) < 4.78 is 21.6. The quantitative estimate of drug-likeness (QED) is 0.226. The zero-order valence-electron chi connectivity index (χ0n) is 28.0. The first-order valence-electron chi connectivity index (χ1n) is 15.9. The topological polar surface area (TPSA) is 37.7 Å². The molecule has 0 unspecified atom stereocenters. The third-order valence-electron chi connectivity index (χ3n) is 7.72.